The lowest BCUT2D eigenvalue weighted by atomic mass is 9.94. The van der Waals surface area contributed by atoms with Gasteiger partial charge < -0.3 is 5.73 Å². The van der Waals surface area contributed by atoms with Gasteiger partial charge in [-0.1, -0.05) is 30.5 Å². The Morgan fingerprint density at radius 2 is 1.94 bits per heavy atom. The molecule has 1 aromatic rings. The number of anilines is 1. The lowest BCUT2D eigenvalue weighted by Gasteiger charge is -2.11. The summed E-state index contributed by atoms with van der Waals surface area (Å²) >= 11 is 5.87. The zero-order chi connectivity index (χ0) is 13.0. The molecule has 18 heavy (non-hydrogen) atoms. The Labute approximate surface area is 113 Å². The molecule has 0 heterocycles. The number of allylic oxidation sites excluding steroid dienone is 2. The van der Waals surface area contributed by atoms with Crippen LogP contribution >= 0.6 is 11.6 Å². The average molecular weight is 264 g/mol. The van der Waals surface area contributed by atoms with Crippen LogP contribution in [0, 0.1) is 0 Å². The van der Waals surface area contributed by atoms with Gasteiger partial charge in [0.25, 0.3) is 0 Å². The highest BCUT2D eigenvalue weighted by atomic mass is 35.5. The summed E-state index contributed by atoms with van der Waals surface area (Å²) in [5.41, 5.74) is 7.78. The van der Waals surface area contributed by atoms with Gasteiger partial charge in [0.1, 0.15) is 0 Å². The molecule has 1 aromatic carbocycles. The molecule has 96 valence electrons. The third-order valence-electron chi connectivity index (χ3n) is 3.34. The number of benzene rings is 1. The van der Waals surface area contributed by atoms with E-state index in [0.29, 0.717) is 16.3 Å². The SMILES string of the molecule is Nc1cc(C(=O)/C2=C/CCCCCC2)ccc1Cl. The van der Waals surface area contributed by atoms with Crippen molar-refractivity contribution in [1.82, 2.24) is 0 Å². The average Bonchev–Trinajstić information content (AvgIpc) is 2.31. The standard InChI is InChI=1S/C15H18ClNO/c16-13-9-8-12(10-14(13)17)15(18)11-6-4-2-1-3-5-7-11/h6,8-10H,1-5,7,17H2/b11-6+. The Morgan fingerprint density at radius 3 is 2.72 bits per heavy atom. The monoisotopic (exact) mass is 263 g/mol. The van der Waals surface area contributed by atoms with E-state index >= 15 is 0 Å². The van der Waals surface area contributed by atoms with Crippen molar-refractivity contribution < 1.29 is 4.79 Å². The minimum atomic E-state index is 0.0975. The van der Waals surface area contributed by atoms with E-state index in [2.05, 4.69) is 6.08 Å². The summed E-state index contributed by atoms with van der Waals surface area (Å²) in [6.07, 6.45) is 8.73. The highest BCUT2D eigenvalue weighted by Crippen LogP contribution is 2.24. The summed E-state index contributed by atoms with van der Waals surface area (Å²) in [6, 6.07) is 5.11. The van der Waals surface area contributed by atoms with E-state index in [9.17, 15) is 4.79 Å². The minimum absolute atomic E-state index is 0.0975. The molecule has 0 spiro atoms. The van der Waals surface area contributed by atoms with Gasteiger partial charge in [-0.2, -0.15) is 0 Å². The molecule has 2 N–H and O–H groups in total. The molecule has 0 amide bonds. The molecule has 0 saturated heterocycles. The normalized spacial score (nSPS) is 19.5. The van der Waals surface area contributed by atoms with Crippen LogP contribution in [0.25, 0.3) is 0 Å². The first-order chi connectivity index (χ1) is 8.68. The number of carbonyl (C=O) groups is 1. The summed E-state index contributed by atoms with van der Waals surface area (Å²) in [4.78, 5) is 12.4. The zero-order valence-corrected chi connectivity index (χ0v) is 11.2. The third-order valence-corrected chi connectivity index (χ3v) is 3.69. The predicted octanol–water partition coefficient (Wildman–Crippen LogP) is 4.39. The Hall–Kier alpha value is -1.28. The smallest absolute Gasteiger partial charge is 0.188 e. The van der Waals surface area contributed by atoms with Gasteiger partial charge in [-0.15, -0.1) is 0 Å². The van der Waals surface area contributed by atoms with Crippen molar-refractivity contribution in [2.24, 2.45) is 0 Å². The van der Waals surface area contributed by atoms with Gasteiger partial charge in [-0.25, -0.2) is 0 Å². The number of nitrogens with two attached hydrogens (primary N) is 1. The van der Waals surface area contributed by atoms with Crippen LogP contribution in [0.2, 0.25) is 5.02 Å². The largest absolute Gasteiger partial charge is 0.398 e. The lowest BCUT2D eigenvalue weighted by Crippen LogP contribution is -2.06. The van der Waals surface area contributed by atoms with Gasteiger partial charge in [0.05, 0.1) is 10.7 Å². The zero-order valence-electron chi connectivity index (χ0n) is 10.4. The molecule has 0 unspecified atom stereocenters. The number of carbonyl (C=O) groups excluding carboxylic acids is 1. The van der Waals surface area contributed by atoms with E-state index in [-0.39, 0.29) is 5.78 Å². The van der Waals surface area contributed by atoms with Crippen LogP contribution in [0.5, 0.6) is 0 Å². The van der Waals surface area contributed by atoms with Gasteiger partial charge in [-0.05, 0) is 49.5 Å². The van der Waals surface area contributed by atoms with Gasteiger partial charge in [0, 0.05) is 5.56 Å². The Balaban J connectivity index is 2.21. The number of hydrogen-bond acceptors (Lipinski definition) is 2. The van der Waals surface area contributed by atoms with Crippen LogP contribution in [0.4, 0.5) is 5.69 Å². The maximum Gasteiger partial charge on any atom is 0.188 e. The van der Waals surface area contributed by atoms with Gasteiger partial charge in [0.15, 0.2) is 5.78 Å². The molecule has 1 aliphatic rings. The highest BCUT2D eigenvalue weighted by Gasteiger charge is 2.14. The molecule has 0 bridgehead atoms. The Kier molecular flexibility index (Phi) is 4.43. The summed E-state index contributed by atoms with van der Waals surface area (Å²) in [5, 5.41) is 0.498. The number of hydrogen-bond donors (Lipinski definition) is 1. The fourth-order valence-corrected chi connectivity index (χ4v) is 2.39. The number of Topliss-reactive ketones (excluding diaryl/α,β-unsaturated/α-hetero) is 1. The highest BCUT2D eigenvalue weighted by molar-refractivity contribution is 6.33. The van der Waals surface area contributed by atoms with E-state index in [1.54, 1.807) is 18.2 Å². The third kappa shape index (κ3) is 3.14. The first kappa shape index (κ1) is 13.2. The molecule has 0 aliphatic heterocycles. The van der Waals surface area contributed by atoms with Crippen molar-refractivity contribution in [1.29, 1.82) is 0 Å². The van der Waals surface area contributed by atoms with E-state index in [0.717, 1.165) is 24.8 Å². The van der Waals surface area contributed by atoms with Crippen molar-refractivity contribution in [3.05, 3.63) is 40.4 Å². The van der Waals surface area contributed by atoms with E-state index in [1.807, 2.05) is 0 Å². The second-order valence-electron chi connectivity index (χ2n) is 4.75. The molecule has 1 aliphatic carbocycles. The molecule has 0 aromatic heterocycles. The maximum absolute atomic E-state index is 12.4. The second kappa shape index (κ2) is 6.05. The number of nitrogen functional groups attached to an aromatic ring is 1. The number of ketones is 1. The van der Waals surface area contributed by atoms with E-state index < -0.39 is 0 Å². The van der Waals surface area contributed by atoms with Crippen molar-refractivity contribution >= 4 is 23.1 Å². The number of rotatable bonds is 2. The molecular formula is C15H18ClNO. The molecule has 0 radical (unpaired) electrons. The Bertz CT molecular complexity index is 479. The Morgan fingerprint density at radius 1 is 1.17 bits per heavy atom. The minimum Gasteiger partial charge on any atom is -0.398 e. The van der Waals surface area contributed by atoms with E-state index in [1.165, 1.54) is 19.3 Å². The molecule has 3 heteroatoms. The van der Waals surface area contributed by atoms with Crippen LogP contribution in [0.1, 0.15) is 48.9 Å². The van der Waals surface area contributed by atoms with Gasteiger partial charge in [0.2, 0.25) is 0 Å². The fraction of sp³-hybridized carbons (Fsp3) is 0.400. The molecule has 0 fully saturated rings. The van der Waals surface area contributed by atoms with Gasteiger partial charge in [-0.3, -0.25) is 4.79 Å². The number of halogens is 1. The quantitative estimate of drug-likeness (QED) is 0.635. The lowest BCUT2D eigenvalue weighted by molar-refractivity contribution is 0.102. The summed E-state index contributed by atoms with van der Waals surface area (Å²) in [7, 11) is 0. The van der Waals surface area contributed by atoms with Gasteiger partial charge >= 0.3 is 0 Å². The van der Waals surface area contributed by atoms with Crippen LogP contribution < -0.4 is 5.73 Å². The van der Waals surface area contributed by atoms with Crippen LogP contribution in [0.15, 0.2) is 29.8 Å². The molecular weight excluding hydrogens is 246 g/mol. The summed E-state index contributed by atoms with van der Waals surface area (Å²) in [6.45, 7) is 0. The van der Waals surface area contributed by atoms with Crippen molar-refractivity contribution in [2.75, 3.05) is 5.73 Å². The second-order valence-corrected chi connectivity index (χ2v) is 5.15. The van der Waals surface area contributed by atoms with Crippen molar-refractivity contribution in [3.8, 4) is 0 Å². The molecule has 0 atom stereocenters. The first-order valence-corrected chi connectivity index (χ1v) is 6.85. The summed E-state index contributed by atoms with van der Waals surface area (Å²) < 4.78 is 0. The predicted molar refractivity (Wildman–Crippen MR) is 76.0 cm³/mol. The molecule has 2 nitrogen and oxygen atoms in total. The molecule has 0 saturated carbocycles. The van der Waals surface area contributed by atoms with Crippen molar-refractivity contribution in [2.45, 2.75) is 38.5 Å². The van der Waals surface area contributed by atoms with Crippen LogP contribution in [0.3, 0.4) is 0 Å². The maximum atomic E-state index is 12.4. The van der Waals surface area contributed by atoms with E-state index in [4.69, 9.17) is 17.3 Å². The first-order valence-electron chi connectivity index (χ1n) is 6.47. The van der Waals surface area contributed by atoms with Crippen molar-refractivity contribution in [3.63, 3.8) is 0 Å². The topological polar surface area (TPSA) is 43.1 Å². The summed E-state index contributed by atoms with van der Waals surface area (Å²) in [5.74, 6) is 0.0975. The fourth-order valence-electron chi connectivity index (χ4n) is 2.27. The van der Waals surface area contributed by atoms with Crippen LogP contribution in [-0.2, 0) is 0 Å². The molecule has 2 rings (SSSR count). The van der Waals surface area contributed by atoms with Crippen LogP contribution in [-0.4, -0.2) is 5.78 Å².